The van der Waals surface area contributed by atoms with Crippen LogP contribution in [0.25, 0.3) is 0 Å². The van der Waals surface area contributed by atoms with Gasteiger partial charge in [-0.05, 0) is 50.5 Å². The van der Waals surface area contributed by atoms with E-state index < -0.39 is 0 Å². The molecule has 1 aromatic carbocycles. The minimum absolute atomic E-state index is 0.0707. The summed E-state index contributed by atoms with van der Waals surface area (Å²) in [7, 11) is 0. The van der Waals surface area contributed by atoms with Gasteiger partial charge in [-0.1, -0.05) is 12.1 Å². The van der Waals surface area contributed by atoms with Gasteiger partial charge >= 0.3 is 0 Å². The number of anilines is 1. The van der Waals surface area contributed by atoms with Crippen molar-refractivity contribution in [3.63, 3.8) is 0 Å². The lowest BCUT2D eigenvalue weighted by atomic mass is 10.1. The Hall–Kier alpha value is -2.47. The largest absolute Gasteiger partial charge is 0.372 e. The van der Waals surface area contributed by atoms with E-state index in [4.69, 9.17) is 4.74 Å². The van der Waals surface area contributed by atoms with Gasteiger partial charge < -0.3 is 15.0 Å². The summed E-state index contributed by atoms with van der Waals surface area (Å²) in [6.07, 6.45) is 4.36. The van der Waals surface area contributed by atoms with E-state index in [-0.39, 0.29) is 18.1 Å². The highest BCUT2D eigenvalue weighted by Gasteiger charge is 2.27. The molecule has 142 valence electrons. The van der Waals surface area contributed by atoms with Crippen LogP contribution in [0.5, 0.6) is 0 Å². The van der Waals surface area contributed by atoms with Crippen LogP contribution in [0, 0.1) is 0 Å². The molecule has 27 heavy (non-hydrogen) atoms. The maximum atomic E-state index is 12.7. The van der Waals surface area contributed by atoms with E-state index in [1.807, 2.05) is 55.3 Å². The lowest BCUT2D eigenvalue weighted by Gasteiger charge is -2.35. The number of rotatable bonds is 5. The third-order valence-corrected chi connectivity index (χ3v) is 5.00. The smallest absolute Gasteiger partial charge is 0.254 e. The third-order valence-electron chi connectivity index (χ3n) is 5.00. The van der Waals surface area contributed by atoms with E-state index >= 15 is 0 Å². The summed E-state index contributed by atoms with van der Waals surface area (Å²) in [4.78, 5) is 23.5. The van der Waals surface area contributed by atoms with Crippen LogP contribution in [0.15, 0.2) is 36.5 Å². The van der Waals surface area contributed by atoms with Crippen molar-refractivity contribution >= 4 is 11.7 Å². The van der Waals surface area contributed by atoms with Crippen molar-refractivity contribution in [3.05, 3.63) is 53.5 Å². The molecule has 0 radical (unpaired) electrons. The first kappa shape index (κ1) is 17.9. The Morgan fingerprint density at radius 3 is 2.52 bits per heavy atom. The quantitative estimate of drug-likeness (QED) is 0.880. The van der Waals surface area contributed by atoms with Crippen molar-refractivity contribution in [2.24, 2.45) is 0 Å². The summed E-state index contributed by atoms with van der Waals surface area (Å²) in [5.74, 6) is 2.40. The van der Waals surface area contributed by atoms with E-state index in [0.29, 0.717) is 25.6 Å². The number of hydrogen-bond donors (Lipinski definition) is 1. The number of morpholine rings is 1. The number of benzene rings is 1. The second-order valence-electron chi connectivity index (χ2n) is 7.59. The molecule has 4 rings (SSSR count). The van der Waals surface area contributed by atoms with Crippen molar-refractivity contribution in [2.45, 2.75) is 51.4 Å². The molecule has 1 aliphatic carbocycles. The molecule has 2 unspecified atom stereocenters. The molecule has 2 aliphatic rings. The molecule has 1 saturated heterocycles. The SMILES string of the molecule is CC1CN(C(=O)c2ccc(CNc3ccnc(C4CC4)n3)cc2)CC(C)O1. The van der Waals surface area contributed by atoms with Gasteiger partial charge in [-0.3, -0.25) is 4.79 Å². The number of nitrogens with one attached hydrogen (secondary N) is 1. The van der Waals surface area contributed by atoms with Gasteiger partial charge in [0.25, 0.3) is 5.91 Å². The van der Waals surface area contributed by atoms with Crippen molar-refractivity contribution in [1.82, 2.24) is 14.9 Å². The molecule has 0 spiro atoms. The molecule has 1 amide bonds. The molecule has 1 aromatic heterocycles. The molecule has 2 heterocycles. The summed E-state index contributed by atoms with van der Waals surface area (Å²) < 4.78 is 5.71. The van der Waals surface area contributed by atoms with Crippen LogP contribution < -0.4 is 5.32 Å². The van der Waals surface area contributed by atoms with Crippen molar-refractivity contribution in [2.75, 3.05) is 18.4 Å². The van der Waals surface area contributed by atoms with Crippen LogP contribution in [-0.2, 0) is 11.3 Å². The first-order chi connectivity index (χ1) is 13.1. The number of nitrogens with zero attached hydrogens (tertiary/aromatic N) is 3. The molecular weight excluding hydrogens is 340 g/mol. The van der Waals surface area contributed by atoms with Gasteiger partial charge in [-0.2, -0.15) is 0 Å². The summed E-state index contributed by atoms with van der Waals surface area (Å²) in [5.41, 5.74) is 1.83. The van der Waals surface area contributed by atoms with Crippen LogP contribution in [0.3, 0.4) is 0 Å². The normalized spacial score (nSPS) is 22.5. The van der Waals surface area contributed by atoms with Gasteiger partial charge in [0.1, 0.15) is 11.6 Å². The Labute approximate surface area is 160 Å². The van der Waals surface area contributed by atoms with Crippen LogP contribution in [0.2, 0.25) is 0 Å². The average Bonchev–Trinajstić information content (AvgIpc) is 3.51. The van der Waals surface area contributed by atoms with Crippen LogP contribution >= 0.6 is 0 Å². The van der Waals surface area contributed by atoms with Crippen LogP contribution in [-0.4, -0.2) is 46.1 Å². The zero-order valence-electron chi connectivity index (χ0n) is 15.9. The molecular formula is C21H26N4O2. The molecule has 1 aliphatic heterocycles. The van der Waals surface area contributed by atoms with E-state index in [1.54, 1.807) is 0 Å². The molecule has 1 N–H and O–H groups in total. The summed E-state index contributed by atoms with van der Waals surface area (Å²) in [5, 5.41) is 3.34. The Kier molecular flexibility index (Phi) is 5.07. The summed E-state index contributed by atoms with van der Waals surface area (Å²) in [6, 6.07) is 9.69. The number of ether oxygens (including phenoxy) is 1. The fourth-order valence-corrected chi connectivity index (χ4v) is 3.49. The van der Waals surface area contributed by atoms with Gasteiger partial charge in [0, 0.05) is 37.3 Å². The van der Waals surface area contributed by atoms with Gasteiger partial charge in [0.15, 0.2) is 0 Å². The minimum atomic E-state index is 0.0707. The maximum absolute atomic E-state index is 12.7. The fourth-order valence-electron chi connectivity index (χ4n) is 3.49. The number of hydrogen-bond acceptors (Lipinski definition) is 5. The zero-order valence-corrected chi connectivity index (χ0v) is 15.9. The number of aromatic nitrogens is 2. The zero-order chi connectivity index (χ0) is 18.8. The topological polar surface area (TPSA) is 67.4 Å². The second kappa shape index (κ2) is 7.64. The molecule has 6 heteroatoms. The monoisotopic (exact) mass is 366 g/mol. The number of amides is 1. The van der Waals surface area contributed by atoms with Gasteiger partial charge in [-0.25, -0.2) is 9.97 Å². The predicted octanol–water partition coefficient (Wildman–Crippen LogP) is 3.22. The van der Waals surface area contributed by atoms with Crippen molar-refractivity contribution in [1.29, 1.82) is 0 Å². The molecule has 2 atom stereocenters. The predicted molar refractivity (Wildman–Crippen MR) is 104 cm³/mol. The Morgan fingerprint density at radius 2 is 1.85 bits per heavy atom. The third kappa shape index (κ3) is 4.45. The molecule has 2 fully saturated rings. The standard InChI is InChI=1S/C21H26N4O2/c1-14-12-25(13-15(2)27-14)21(26)18-5-3-16(4-6-18)11-23-19-9-10-22-20(24-19)17-7-8-17/h3-6,9-10,14-15,17H,7-8,11-13H2,1-2H3,(H,22,23,24). The van der Waals surface area contributed by atoms with Crippen molar-refractivity contribution in [3.8, 4) is 0 Å². The number of carbonyl (C=O) groups is 1. The lowest BCUT2D eigenvalue weighted by Crippen LogP contribution is -2.48. The molecule has 1 saturated carbocycles. The highest BCUT2D eigenvalue weighted by molar-refractivity contribution is 5.94. The van der Waals surface area contributed by atoms with E-state index in [9.17, 15) is 4.79 Å². The van der Waals surface area contributed by atoms with Crippen molar-refractivity contribution < 1.29 is 9.53 Å². The fraction of sp³-hybridized carbons (Fsp3) is 0.476. The van der Waals surface area contributed by atoms with E-state index in [0.717, 1.165) is 22.8 Å². The van der Waals surface area contributed by atoms with Gasteiger partial charge in [-0.15, -0.1) is 0 Å². The summed E-state index contributed by atoms with van der Waals surface area (Å²) >= 11 is 0. The van der Waals surface area contributed by atoms with Crippen LogP contribution in [0.1, 0.15) is 54.4 Å². The molecule has 0 bridgehead atoms. The van der Waals surface area contributed by atoms with E-state index in [2.05, 4.69) is 15.3 Å². The van der Waals surface area contributed by atoms with E-state index in [1.165, 1.54) is 12.8 Å². The second-order valence-corrected chi connectivity index (χ2v) is 7.59. The molecule has 6 nitrogen and oxygen atoms in total. The van der Waals surface area contributed by atoms with Crippen LogP contribution in [0.4, 0.5) is 5.82 Å². The number of carbonyl (C=O) groups excluding carboxylic acids is 1. The van der Waals surface area contributed by atoms with Gasteiger partial charge in [0.2, 0.25) is 0 Å². The highest BCUT2D eigenvalue weighted by Crippen LogP contribution is 2.38. The average molecular weight is 366 g/mol. The Balaban J connectivity index is 1.36. The first-order valence-electron chi connectivity index (χ1n) is 9.69. The first-order valence-corrected chi connectivity index (χ1v) is 9.69. The molecule has 2 aromatic rings. The summed E-state index contributed by atoms with van der Waals surface area (Å²) in [6.45, 7) is 5.97. The minimum Gasteiger partial charge on any atom is -0.372 e. The maximum Gasteiger partial charge on any atom is 0.254 e. The highest BCUT2D eigenvalue weighted by atomic mass is 16.5. The lowest BCUT2D eigenvalue weighted by molar-refractivity contribution is -0.0586. The Bertz CT molecular complexity index is 794. The Morgan fingerprint density at radius 1 is 1.15 bits per heavy atom. The van der Waals surface area contributed by atoms with Gasteiger partial charge in [0.05, 0.1) is 12.2 Å².